The summed E-state index contributed by atoms with van der Waals surface area (Å²) in [5, 5.41) is 6.12. The molecule has 7 rings (SSSR count). The van der Waals surface area contributed by atoms with Gasteiger partial charge in [0, 0.05) is 35.1 Å². The first-order chi connectivity index (χ1) is 19.7. The van der Waals surface area contributed by atoms with Gasteiger partial charge in [-0.2, -0.15) is 5.10 Å². The number of hydrogen-bond donors (Lipinski definition) is 1. The Kier molecular flexibility index (Phi) is 5.82. The largest absolute Gasteiger partial charge is 0.497 e. The van der Waals surface area contributed by atoms with Gasteiger partial charge in [-0.05, 0) is 78.2 Å². The molecule has 0 aliphatic carbocycles. The molecular formula is C33H26N6O. The van der Waals surface area contributed by atoms with Gasteiger partial charge in [-0.3, -0.25) is 14.6 Å². The molecule has 4 aromatic heterocycles. The molecule has 7 aromatic rings. The number of nitrogens with zero attached hydrogens (tertiary/aromatic N) is 5. The zero-order valence-corrected chi connectivity index (χ0v) is 22.2. The fraction of sp³-hybridized carbons (Fsp3) is 0.0909. The Balaban J connectivity index is 1.42. The zero-order valence-electron chi connectivity index (χ0n) is 22.2. The maximum atomic E-state index is 5.34. The number of ether oxygens (including phenoxy) is 1. The van der Waals surface area contributed by atoms with E-state index >= 15 is 0 Å². The number of hydrogen-bond acceptors (Lipinski definition) is 5. The second kappa shape index (κ2) is 9.78. The normalized spacial score (nSPS) is 11.3. The zero-order chi connectivity index (χ0) is 27.1. The Morgan fingerprint density at radius 3 is 2.52 bits per heavy atom. The van der Waals surface area contributed by atoms with Crippen LogP contribution in [0.2, 0.25) is 0 Å². The summed E-state index contributed by atoms with van der Waals surface area (Å²) in [6.45, 7) is 2.74. The number of imidazole rings is 1. The molecule has 4 heterocycles. The van der Waals surface area contributed by atoms with Gasteiger partial charge in [-0.25, -0.2) is 4.98 Å². The highest BCUT2D eigenvalue weighted by atomic mass is 16.5. The first-order valence-corrected chi connectivity index (χ1v) is 13.1. The molecule has 0 aliphatic rings. The monoisotopic (exact) mass is 522 g/mol. The van der Waals surface area contributed by atoms with Gasteiger partial charge in [0.25, 0.3) is 0 Å². The lowest BCUT2D eigenvalue weighted by Gasteiger charge is -2.13. The van der Waals surface area contributed by atoms with Crippen molar-refractivity contribution in [2.75, 3.05) is 7.11 Å². The highest BCUT2D eigenvalue weighted by molar-refractivity contribution is 5.97. The van der Waals surface area contributed by atoms with E-state index in [0.717, 1.165) is 72.7 Å². The van der Waals surface area contributed by atoms with E-state index in [1.807, 2.05) is 71.7 Å². The fourth-order valence-corrected chi connectivity index (χ4v) is 5.24. The number of pyridine rings is 2. The minimum Gasteiger partial charge on any atom is -0.497 e. The molecule has 40 heavy (non-hydrogen) atoms. The molecule has 194 valence electrons. The van der Waals surface area contributed by atoms with Crippen LogP contribution in [-0.4, -0.2) is 36.8 Å². The van der Waals surface area contributed by atoms with Gasteiger partial charge in [0.1, 0.15) is 11.4 Å². The highest BCUT2D eigenvalue weighted by Gasteiger charge is 2.19. The molecule has 1 N–H and O–H groups in total. The standard InChI is InChI=1S/C33H26N6O/c1-21-15-17-35-31(24-6-5-16-34-19-24)30(21)23-11-14-29-26(18-23)32(33-36-27-7-3-4-8-28(27)37-33)38-39(29)20-22-9-12-25(40-2)13-10-22/h3-19H,20H2,1-2H3,(H,36,37). The molecule has 0 saturated carbocycles. The Morgan fingerprint density at radius 2 is 1.73 bits per heavy atom. The van der Waals surface area contributed by atoms with Crippen molar-refractivity contribution >= 4 is 21.9 Å². The minimum atomic E-state index is 0.618. The summed E-state index contributed by atoms with van der Waals surface area (Å²) in [4.78, 5) is 17.5. The number of methoxy groups -OCH3 is 1. The summed E-state index contributed by atoms with van der Waals surface area (Å²) in [6, 6.07) is 28.7. The van der Waals surface area contributed by atoms with Gasteiger partial charge in [0.05, 0.1) is 35.9 Å². The van der Waals surface area contributed by atoms with Crippen LogP contribution in [0.5, 0.6) is 5.75 Å². The van der Waals surface area contributed by atoms with Crippen LogP contribution in [0.25, 0.3) is 55.8 Å². The van der Waals surface area contributed by atoms with Crippen LogP contribution in [0.15, 0.2) is 104 Å². The SMILES string of the molecule is COc1ccc(Cn2nc(-c3nc4ccccc4[nH]3)c3cc(-c4c(C)ccnc4-c4cccnc4)ccc32)cc1. The van der Waals surface area contributed by atoms with Gasteiger partial charge in [0.2, 0.25) is 0 Å². The third kappa shape index (κ3) is 4.18. The van der Waals surface area contributed by atoms with Crippen LogP contribution in [0.4, 0.5) is 0 Å². The molecule has 7 nitrogen and oxygen atoms in total. The molecule has 3 aromatic carbocycles. The summed E-state index contributed by atoms with van der Waals surface area (Å²) >= 11 is 0. The van der Waals surface area contributed by atoms with Crippen molar-refractivity contribution in [1.29, 1.82) is 0 Å². The lowest BCUT2D eigenvalue weighted by molar-refractivity contribution is 0.414. The maximum absolute atomic E-state index is 5.34. The van der Waals surface area contributed by atoms with E-state index < -0.39 is 0 Å². The molecule has 0 saturated heterocycles. The predicted octanol–water partition coefficient (Wildman–Crippen LogP) is 7.07. The van der Waals surface area contributed by atoms with E-state index in [1.54, 1.807) is 13.3 Å². The van der Waals surface area contributed by atoms with E-state index in [1.165, 1.54) is 0 Å². The quantitative estimate of drug-likeness (QED) is 0.253. The van der Waals surface area contributed by atoms with E-state index in [0.29, 0.717) is 6.54 Å². The Labute approximate surface area is 231 Å². The molecular weight excluding hydrogens is 496 g/mol. The van der Waals surface area contributed by atoms with Crippen molar-refractivity contribution < 1.29 is 4.74 Å². The van der Waals surface area contributed by atoms with Crippen LogP contribution >= 0.6 is 0 Å². The number of para-hydroxylation sites is 2. The first kappa shape index (κ1) is 23.8. The van der Waals surface area contributed by atoms with Crippen molar-refractivity contribution in [1.82, 2.24) is 29.7 Å². The number of fused-ring (bicyclic) bond motifs is 2. The van der Waals surface area contributed by atoms with Crippen LogP contribution < -0.4 is 4.74 Å². The van der Waals surface area contributed by atoms with Crippen LogP contribution in [0.3, 0.4) is 0 Å². The van der Waals surface area contributed by atoms with Crippen LogP contribution in [0, 0.1) is 6.92 Å². The molecule has 0 bridgehead atoms. The van der Waals surface area contributed by atoms with E-state index in [-0.39, 0.29) is 0 Å². The summed E-state index contributed by atoms with van der Waals surface area (Å²) in [7, 11) is 1.68. The van der Waals surface area contributed by atoms with E-state index in [4.69, 9.17) is 19.8 Å². The van der Waals surface area contributed by atoms with Gasteiger partial charge in [-0.1, -0.05) is 30.3 Å². The number of aryl methyl sites for hydroxylation is 1. The smallest absolute Gasteiger partial charge is 0.159 e. The minimum absolute atomic E-state index is 0.618. The predicted molar refractivity (Wildman–Crippen MR) is 158 cm³/mol. The van der Waals surface area contributed by atoms with Crippen LogP contribution in [-0.2, 0) is 6.54 Å². The molecule has 0 amide bonds. The molecule has 0 aliphatic heterocycles. The van der Waals surface area contributed by atoms with Gasteiger partial charge in [-0.15, -0.1) is 0 Å². The fourth-order valence-electron chi connectivity index (χ4n) is 5.24. The molecule has 0 radical (unpaired) electrons. The number of nitrogens with one attached hydrogen (secondary N) is 1. The van der Waals surface area contributed by atoms with E-state index in [2.05, 4.69) is 47.2 Å². The Hall–Kier alpha value is -5.30. The van der Waals surface area contributed by atoms with E-state index in [9.17, 15) is 0 Å². The van der Waals surface area contributed by atoms with Crippen molar-refractivity contribution in [2.45, 2.75) is 13.5 Å². The lowest BCUT2D eigenvalue weighted by Crippen LogP contribution is -2.02. The summed E-state index contributed by atoms with van der Waals surface area (Å²) < 4.78 is 7.39. The molecule has 7 heteroatoms. The third-order valence-electron chi connectivity index (χ3n) is 7.24. The number of aromatic nitrogens is 6. The lowest BCUT2D eigenvalue weighted by atomic mass is 9.95. The van der Waals surface area contributed by atoms with Gasteiger partial charge < -0.3 is 9.72 Å². The first-order valence-electron chi connectivity index (χ1n) is 13.1. The molecule has 0 fully saturated rings. The average Bonchev–Trinajstić information content (AvgIpc) is 3.59. The summed E-state index contributed by atoms with van der Waals surface area (Å²) in [6.07, 6.45) is 5.49. The number of H-pyrrole nitrogens is 1. The number of rotatable bonds is 6. The highest BCUT2D eigenvalue weighted by Crippen LogP contribution is 2.37. The van der Waals surface area contributed by atoms with Crippen molar-refractivity contribution in [3.63, 3.8) is 0 Å². The molecule has 0 unspecified atom stereocenters. The summed E-state index contributed by atoms with van der Waals surface area (Å²) in [5.41, 5.74) is 10.0. The second-order valence-electron chi connectivity index (χ2n) is 9.78. The third-order valence-corrected chi connectivity index (χ3v) is 7.24. The number of aromatic amines is 1. The van der Waals surface area contributed by atoms with Crippen molar-refractivity contribution in [3.8, 4) is 39.7 Å². The van der Waals surface area contributed by atoms with Gasteiger partial charge in [0.15, 0.2) is 5.82 Å². The topological polar surface area (TPSA) is 81.5 Å². The van der Waals surface area contributed by atoms with Gasteiger partial charge >= 0.3 is 0 Å². The van der Waals surface area contributed by atoms with Crippen molar-refractivity contribution in [2.24, 2.45) is 0 Å². The average molecular weight is 523 g/mol. The molecule has 0 spiro atoms. The van der Waals surface area contributed by atoms with Crippen molar-refractivity contribution in [3.05, 3.63) is 115 Å². The Morgan fingerprint density at radius 1 is 0.850 bits per heavy atom. The number of benzene rings is 3. The van der Waals surface area contributed by atoms with Crippen LogP contribution in [0.1, 0.15) is 11.1 Å². The Bertz CT molecular complexity index is 1940. The maximum Gasteiger partial charge on any atom is 0.159 e. The summed E-state index contributed by atoms with van der Waals surface area (Å²) in [5.74, 6) is 1.57. The second-order valence-corrected chi connectivity index (χ2v) is 9.78. The molecule has 0 atom stereocenters.